The number of benzene rings is 3. The molecule has 0 fully saturated rings. The van der Waals surface area contributed by atoms with Gasteiger partial charge in [0, 0.05) is 25.6 Å². The van der Waals surface area contributed by atoms with Crippen molar-refractivity contribution >= 4 is 51.3 Å². The van der Waals surface area contributed by atoms with Crippen LogP contribution in [0.5, 0.6) is 11.5 Å². The Balaban J connectivity index is 1.69. The standard InChI is InChI=1S/C21H15BrCl2N2O3/c22-15-6-8-19(27)14(9-15)11-25-26-21(28)17-3-1-2-4-20(17)29-12-13-5-7-16(23)10-18(13)24/h1-11,27H,12H2,(H,26,28)/b25-11+. The fourth-order valence-electron chi connectivity index (χ4n) is 2.42. The molecular formula is C21H15BrCl2N2O3. The van der Waals surface area contributed by atoms with E-state index < -0.39 is 5.91 Å². The van der Waals surface area contributed by atoms with Crippen LogP contribution >= 0.6 is 39.1 Å². The van der Waals surface area contributed by atoms with Crippen LogP contribution in [-0.2, 0) is 6.61 Å². The summed E-state index contributed by atoms with van der Waals surface area (Å²) in [6.07, 6.45) is 1.36. The van der Waals surface area contributed by atoms with Gasteiger partial charge in [-0.15, -0.1) is 0 Å². The van der Waals surface area contributed by atoms with E-state index in [0.717, 1.165) is 10.0 Å². The molecule has 3 aromatic rings. The van der Waals surface area contributed by atoms with Gasteiger partial charge >= 0.3 is 0 Å². The van der Waals surface area contributed by atoms with Crippen LogP contribution in [0.1, 0.15) is 21.5 Å². The number of nitrogens with zero attached hydrogens (tertiary/aromatic N) is 1. The highest BCUT2D eigenvalue weighted by molar-refractivity contribution is 9.10. The largest absolute Gasteiger partial charge is 0.507 e. The molecule has 0 radical (unpaired) electrons. The molecule has 3 rings (SSSR count). The minimum Gasteiger partial charge on any atom is -0.507 e. The lowest BCUT2D eigenvalue weighted by molar-refractivity contribution is 0.0950. The molecule has 148 valence electrons. The number of carbonyl (C=O) groups is 1. The second-order valence-corrected chi connectivity index (χ2v) is 7.68. The number of amides is 1. The van der Waals surface area contributed by atoms with Gasteiger partial charge in [0.2, 0.25) is 0 Å². The Labute approximate surface area is 186 Å². The summed E-state index contributed by atoms with van der Waals surface area (Å²) in [5.41, 5.74) is 3.95. The third-order valence-electron chi connectivity index (χ3n) is 3.89. The van der Waals surface area contributed by atoms with Crippen LogP contribution in [0, 0.1) is 0 Å². The van der Waals surface area contributed by atoms with Gasteiger partial charge in [-0.25, -0.2) is 5.43 Å². The van der Waals surface area contributed by atoms with E-state index in [-0.39, 0.29) is 12.4 Å². The highest BCUT2D eigenvalue weighted by atomic mass is 79.9. The number of hydrazone groups is 1. The molecule has 0 atom stereocenters. The van der Waals surface area contributed by atoms with Crippen molar-refractivity contribution in [2.75, 3.05) is 0 Å². The van der Waals surface area contributed by atoms with E-state index in [2.05, 4.69) is 26.5 Å². The Hall–Kier alpha value is -2.54. The van der Waals surface area contributed by atoms with Crippen molar-refractivity contribution in [3.8, 4) is 11.5 Å². The SMILES string of the molecule is O=C(N/N=C/c1cc(Br)ccc1O)c1ccccc1OCc1ccc(Cl)cc1Cl. The van der Waals surface area contributed by atoms with Gasteiger partial charge in [-0.1, -0.05) is 57.3 Å². The number of para-hydroxylation sites is 1. The maximum Gasteiger partial charge on any atom is 0.275 e. The first kappa shape index (κ1) is 21.2. The van der Waals surface area contributed by atoms with Crippen LogP contribution in [0.2, 0.25) is 10.0 Å². The molecule has 3 aromatic carbocycles. The zero-order valence-electron chi connectivity index (χ0n) is 14.9. The molecule has 0 unspecified atom stereocenters. The van der Waals surface area contributed by atoms with Gasteiger partial charge < -0.3 is 9.84 Å². The van der Waals surface area contributed by atoms with Crippen molar-refractivity contribution in [3.05, 3.63) is 91.9 Å². The second-order valence-electron chi connectivity index (χ2n) is 5.92. The van der Waals surface area contributed by atoms with Crippen molar-refractivity contribution in [2.45, 2.75) is 6.61 Å². The number of phenolic OH excluding ortho intramolecular Hbond substituents is 1. The molecule has 29 heavy (non-hydrogen) atoms. The summed E-state index contributed by atoms with van der Waals surface area (Å²) in [4.78, 5) is 12.5. The Morgan fingerprint density at radius 1 is 1.14 bits per heavy atom. The molecule has 0 aromatic heterocycles. The van der Waals surface area contributed by atoms with Crippen LogP contribution in [0.15, 0.2) is 70.2 Å². The van der Waals surface area contributed by atoms with Crippen LogP contribution < -0.4 is 10.2 Å². The Morgan fingerprint density at radius 3 is 2.72 bits per heavy atom. The number of ether oxygens (including phenoxy) is 1. The van der Waals surface area contributed by atoms with E-state index in [1.54, 1.807) is 54.6 Å². The minimum atomic E-state index is -0.450. The number of hydrogen-bond acceptors (Lipinski definition) is 4. The number of aromatic hydroxyl groups is 1. The smallest absolute Gasteiger partial charge is 0.275 e. The summed E-state index contributed by atoms with van der Waals surface area (Å²) in [5, 5.41) is 14.7. The maximum absolute atomic E-state index is 12.5. The van der Waals surface area contributed by atoms with Gasteiger partial charge in [-0.05, 0) is 42.5 Å². The molecule has 0 aliphatic rings. The summed E-state index contributed by atoms with van der Waals surface area (Å²) in [6.45, 7) is 0.176. The summed E-state index contributed by atoms with van der Waals surface area (Å²) in [6, 6.07) is 16.8. The predicted octanol–water partition coefficient (Wildman–Crippen LogP) is 5.80. The minimum absolute atomic E-state index is 0.0507. The van der Waals surface area contributed by atoms with E-state index in [1.165, 1.54) is 12.3 Å². The van der Waals surface area contributed by atoms with Crippen molar-refractivity contribution < 1.29 is 14.6 Å². The molecule has 0 spiro atoms. The molecule has 0 aliphatic carbocycles. The zero-order valence-corrected chi connectivity index (χ0v) is 18.0. The second kappa shape index (κ2) is 9.78. The van der Waals surface area contributed by atoms with Crippen molar-refractivity contribution in [2.24, 2.45) is 5.10 Å². The quantitative estimate of drug-likeness (QED) is 0.336. The lowest BCUT2D eigenvalue weighted by Crippen LogP contribution is -2.18. The normalized spacial score (nSPS) is 10.9. The monoisotopic (exact) mass is 492 g/mol. The molecule has 0 saturated carbocycles. The number of phenols is 1. The Morgan fingerprint density at radius 2 is 1.93 bits per heavy atom. The molecule has 0 bridgehead atoms. The summed E-state index contributed by atoms with van der Waals surface area (Å²) >= 11 is 15.4. The van der Waals surface area contributed by atoms with Gasteiger partial charge in [0.25, 0.3) is 5.91 Å². The Bertz CT molecular complexity index is 1070. The molecule has 5 nitrogen and oxygen atoms in total. The van der Waals surface area contributed by atoms with Crippen LogP contribution in [0.3, 0.4) is 0 Å². The maximum atomic E-state index is 12.5. The fraction of sp³-hybridized carbons (Fsp3) is 0.0476. The average Bonchev–Trinajstić information content (AvgIpc) is 2.70. The van der Waals surface area contributed by atoms with Gasteiger partial charge in [0.1, 0.15) is 18.1 Å². The molecule has 0 heterocycles. The van der Waals surface area contributed by atoms with Gasteiger partial charge in [0.15, 0.2) is 0 Å². The van der Waals surface area contributed by atoms with E-state index in [1.807, 2.05) is 0 Å². The molecule has 0 aliphatic heterocycles. The zero-order chi connectivity index (χ0) is 20.8. The Kier molecular flexibility index (Phi) is 7.14. The summed E-state index contributed by atoms with van der Waals surface area (Å²) in [5.74, 6) is -0.0140. The van der Waals surface area contributed by atoms with Gasteiger partial charge in [-0.3, -0.25) is 4.79 Å². The molecule has 8 heteroatoms. The first-order valence-electron chi connectivity index (χ1n) is 8.41. The summed E-state index contributed by atoms with van der Waals surface area (Å²) in [7, 11) is 0. The lowest BCUT2D eigenvalue weighted by Gasteiger charge is -2.11. The molecule has 1 amide bonds. The summed E-state index contributed by atoms with van der Waals surface area (Å²) < 4.78 is 6.56. The van der Waals surface area contributed by atoms with E-state index in [4.69, 9.17) is 27.9 Å². The first-order chi connectivity index (χ1) is 13.9. The van der Waals surface area contributed by atoms with E-state index in [0.29, 0.717) is 26.9 Å². The number of nitrogens with one attached hydrogen (secondary N) is 1. The average molecular weight is 494 g/mol. The molecular weight excluding hydrogens is 479 g/mol. The number of carbonyl (C=O) groups excluding carboxylic acids is 1. The molecule has 2 N–H and O–H groups in total. The number of hydrogen-bond donors (Lipinski definition) is 2. The highest BCUT2D eigenvalue weighted by Gasteiger charge is 2.12. The van der Waals surface area contributed by atoms with Crippen molar-refractivity contribution in [1.82, 2.24) is 5.43 Å². The first-order valence-corrected chi connectivity index (χ1v) is 9.96. The topological polar surface area (TPSA) is 70.9 Å². The van der Waals surface area contributed by atoms with Crippen molar-refractivity contribution in [3.63, 3.8) is 0 Å². The predicted molar refractivity (Wildman–Crippen MR) is 118 cm³/mol. The third-order valence-corrected chi connectivity index (χ3v) is 4.97. The van der Waals surface area contributed by atoms with Crippen molar-refractivity contribution in [1.29, 1.82) is 0 Å². The van der Waals surface area contributed by atoms with Crippen LogP contribution in [-0.4, -0.2) is 17.2 Å². The van der Waals surface area contributed by atoms with Crippen LogP contribution in [0.25, 0.3) is 0 Å². The third kappa shape index (κ3) is 5.73. The highest BCUT2D eigenvalue weighted by Crippen LogP contribution is 2.24. The van der Waals surface area contributed by atoms with Gasteiger partial charge in [-0.2, -0.15) is 5.10 Å². The number of halogens is 3. The lowest BCUT2D eigenvalue weighted by atomic mass is 10.2. The van der Waals surface area contributed by atoms with E-state index >= 15 is 0 Å². The van der Waals surface area contributed by atoms with Crippen LogP contribution in [0.4, 0.5) is 0 Å². The number of rotatable bonds is 6. The molecule has 0 saturated heterocycles. The van der Waals surface area contributed by atoms with Gasteiger partial charge in [0.05, 0.1) is 11.8 Å². The van der Waals surface area contributed by atoms with E-state index in [9.17, 15) is 9.90 Å². The fourth-order valence-corrected chi connectivity index (χ4v) is 3.27.